The summed E-state index contributed by atoms with van der Waals surface area (Å²) in [6.45, 7) is 0. The van der Waals surface area contributed by atoms with E-state index in [-0.39, 0.29) is 15.8 Å². The van der Waals surface area contributed by atoms with Crippen LogP contribution in [0, 0.1) is 11.6 Å². The van der Waals surface area contributed by atoms with Crippen LogP contribution in [0.5, 0.6) is 0 Å². The Bertz CT molecular complexity index is 460. The lowest BCUT2D eigenvalue weighted by atomic mass is 10.2. The molecule has 0 spiro atoms. The van der Waals surface area contributed by atoms with Gasteiger partial charge in [0, 0.05) is 11.3 Å². The highest BCUT2D eigenvalue weighted by Crippen LogP contribution is 2.25. The fraction of sp³-hybridized carbons (Fsp3) is 0.417. The second-order valence-corrected chi connectivity index (χ2v) is 5.75. The number of halogens is 3. The van der Waals surface area contributed by atoms with Crippen molar-refractivity contribution in [1.82, 2.24) is 0 Å². The van der Waals surface area contributed by atoms with Crippen molar-refractivity contribution in [3.63, 3.8) is 0 Å². The summed E-state index contributed by atoms with van der Waals surface area (Å²) in [5, 5.41) is 0. The summed E-state index contributed by atoms with van der Waals surface area (Å²) in [6.07, 6.45) is 0.397. The average molecular weight is 354 g/mol. The Labute approximate surface area is 123 Å². The quantitative estimate of drug-likeness (QED) is 0.485. The van der Waals surface area contributed by atoms with Crippen LogP contribution < -0.4 is 5.73 Å². The number of ether oxygens (including phenoxy) is 1. The minimum Gasteiger partial charge on any atom is -0.468 e. The second-order valence-electron chi connectivity index (χ2n) is 3.79. The number of thioether (sulfide) groups is 1. The number of hydrogen-bond acceptors (Lipinski definition) is 4. The highest BCUT2D eigenvalue weighted by Gasteiger charge is 2.15. The third-order valence-corrected chi connectivity index (χ3v) is 4.09. The van der Waals surface area contributed by atoms with Gasteiger partial charge in [-0.1, -0.05) is 0 Å². The normalized spacial score (nSPS) is 12.3. The van der Waals surface area contributed by atoms with Crippen molar-refractivity contribution in [3.8, 4) is 0 Å². The van der Waals surface area contributed by atoms with E-state index in [1.165, 1.54) is 31.0 Å². The number of carbonyl (C=O) groups is 1. The van der Waals surface area contributed by atoms with Gasteiger partial charge in [0.05, 0.1) is 11.6 Å². The van der Waals surface area contributed by atoms with Gasteiger partial charge in [-0.25, -0.2) is 8.78 Å². The van der Waals surface area contributed by atoms with Crippen LogP contribution in [0.15, 0.2) is 16.6 Å². The van der Waals surface area contributed by atoms with Crippen LogP contribution in [0.3, 0.4) is 0 Å². The number of esters is 1. The molecule has 0 heterocycles. The average Bonchev–Trinajstić information content (AvgIpc) is 2.41. The molecule has 0 saturated carbocycles. The largest absolute Gasteiger partial charge is 0.468 e. The van der Waals surface area contributed by atoms with Gasteiger partial charge in [0.2, 0.25) is 0 Å². The standard InChI is InChI=1S/C12H14BrF2NO2S/c1-18-12(17)10(16)4-5-19-6-7-9(14)3-2-8(13)11(7)15/h2-3,10H,4-6,16H2,1H3. The van der Waals surface area contributed by atoms with E-state index < -0.39 is 23.6 Å². The van der Waals surface area contributed by atoms with Gasteiger partial charge in [-0.2, -0.15) is 11.8 Å². The smallest absolute Gasteiger partial charge is 0.322 e. The van der Waals surface area contributed by atoms with Gasteiger partial charge in [0.15, 0.2) is 0 Å². The highest BCUT2D eigenvalue weighted by atomic mass is 79.9. The molecule has 0 aliphatic rings. The summed E-state index contributed by atoms with van der Waals surface area (Å²) < 4.78 is 31.8. The second kappa shape index (κ2) is 7.81. The van der Waals surface area contributed by atoms with Crippen LogP contribution in [0.1, 0.15) is 12.0 Å². The van der Waals surface area contributed by atoms with Crippen molar-refractivity contribution in [1.29, 1.82) is 0 Å². The lowest BCUT2D eigenvalue weighted by molar-refractivity contribution is -0.142. The van der Waals surface area contributed by atoms with Crippen molar-refractivity contribution in [2.75, 3.05) is 12.9 Å². The fourth-order valence-electron chi connectivity index (χ4n) is 1.36. The first-order valence-electron chi connectivity index (χ1n) is 5.51. The molecule has 1 rings (SSSR count). The van der Waals surface area contributed by atoms with Crippen LogP contribution in [-0.2, 0) is 15.3 Å². The number of carbonyl (C=O) groups excluding carboxylic acids is 1. The van der Waals surface area contributed by atoms with E-state index in [4.69, 9.17) is 5.73 Å². The molecular formula is C12H14BrF2NO2S. The summed E-state index contributed by atoms with van der Waals surface area (Å²) in [7, 11) is 1.27. The van der Waals surface area contributed by atoms with E-state index in [9.17, 15) is 13.6 Å². The number of rotatable bonds is 6. The van der Waals surface area contributed by atoms with Gasteiger partial charge in [0.25, 0.3) is 0 Å². The molecule has 1 aromatic carbocycles. The molecular weight excluding hydrogens is 340 g/mol. The van der Waals surface area contributed by atoms with Crippen LogP contribution in [-0.4, -0.2) is 24.9 Å². The molecule has 0 radical (unpaired) electrons. The Hall–Kier alpha value is -0.660. The number of benzene rings is 1. The Morgan fingerprint density at radius 2 is 2.21 bits per heavy atom. The maximum atomic E-state index is 13.6. The predicted molar refractivity (Wildman–Crippen MR) is 74.8 cm³/mol. The fourth-order valence-corrected chi connectivity index (χ4v) is 2.76. The van der Waals surface area contributed by atoms with E-state index in [2.05, 4.69) is 20.7 Å². The lowest BCUT2D eigenvalue weighted by Gasteiger charge is -2.09. The van der Waals surface area contributed by atoms with Crippen molar-refractivity contribution in [3.05, 3.63) is 33.8 Å². The van der Waals surface area contributed by atoms with E-state index >= 15 is 0 Å². The van der Waals surface area contributed by atoms with E-state index in [1.807, 2.05) is 0 Å². The molecule has 0 aromatic heterocycles. The zero-order chi connectivity index (χ0) is 14.4. The van der Waals surface area contributed by atoms with Gasteiger partial charge in [-0.05, 0) is 40.2 Å². The third-order valence-electron chi connectivity index (χ3n) is 2.46. The van der Waals surface area contributed by atoms with Crippen molar-refractivity contribution in [2.24, 2.45) is 5.73 Å². The zero-order valence-electron chi connectivity index (χ0n) is 10.3. The van der Waals surface area contributed by atoms with Crippen molar-refractivity contribution >= 4 is 33.7 Å². The van der Waals surface area contributed by atoms with Gasteiger partial charge in [0.1, 0.15) is 17.7 Å². The zero-order valence-corrected chi connectivity index (χ0v) is 12.7. The lowest BCUT2D eigenvalue weighted by Crippen LogP contribution is -2.31. The topological polar surface area (TPSA) is 52.3 Å². The first-order valence-corrected chi connectivity index (χ1v) is 7.45. The summed E-state index contributed by atoms with van der Waals surface area (Å²) in [5.74, 6) is -0.956. The molecule has 106 valence electrons. The first-order chi connectivity index (χ1) is 8.97. The molecule has 0 aliphatic heterocycles. The van der Waals surface area contributed by atoms with E-state index in [1.54, 1.807) is 0 Å². The van der Waals surface area contributed by atoms with E-state index in [0.29, 0.717) is 12.2 Å². The van der Waals surface area contributed by atoms with E-state index in [0.717, 1.165) is 0 Å². The minimum atomic E-state index is -0.699. The summed E-state index contributed by atoms with van der Waals surface area (Å²) in [4.78, 5) is 11.0. The van der Waals surface area contributed by atoms with Gasteiger partial charge in [-0.3, -0.25) is 4.79 Å². The number of nitrogens with two attached hydrogens (primary N) is 1. The van der Waals surface area contributed by atoms with Crippen LogP contribution in [0.2, 0.25) is 0 Å². The maximum absolute atomic E-state index is 13.6. The van der Waals surface area contributed by atoms with Crippen LogP contribution in [0.25, 0.3) is 0 Å². The highest BCUT2D eigenvalue weighted by molar-refractivity contribution is 9.10. The molecule has 0 bridgehead atoms. The molecule has 2 N–H and O–H groups in total. The first kappa shape index (κ1) is 16.4. The van der Waals surface area contributed by atoms with Crippen LogP contribution >= 0.6 is 27.7 Å². The molecule has 1 aromatic rings. The van der Waals surface area contributed by atoms with Gasteiger partial charge >= 0.3 is 5.97 Å². The molecule has 0 fully saturated rings. The molecule has 1 unspecified atom stereocenters. The van der Waals surface area contributed by atoms with Gasteiger partial charge < -0.3 is 10.5 Å². The number of methoxy groups -OCH3 is 1. The molecule has 0 aliphatic carbocycles. The molecule has 19 heavy (non-hydrogen) atoms. The summed E-state index contributed by atoms with van der Waals surface area (Å²) in [6, 6.07) is 1.84. The summed E-state index contributed by atoms with van der Waals surface area (Å²) >= 11 is 4.32. The monoisotopic (exact) mass is 353 g/mol. The predicted octanol–water partition coefficient (Wildman–Crippen LogP) is 2.85. The van der Waals surface area contributed by atoms with Gasteiger partial charge in [-0.15, -0.1) is 0 Å². The molecule has 0 amide bonds. The third kappa shape index (κ3) is 4.74. The maximum Gasteiger partial charge on any atom is 0.322 e. The minimum absolute atomic E-state index is 0.0195. The Morgan fingerprint density at radius 1 is 1.53 bits per heavy atom. The Kier molecular flexibility index (Phi) is 6.74. The summed E-state index contributed by atoms with van der Waals surface area (Å²) in [5.41, 5.74) is 5.57. The van der Waals surface area contributed by atoms with Crippen molar-refractivity contribution in [2.45, 2.75) is 18.2 Å². The Morgan fingerprint density at radius 3 is 2.84 bits per heavy atom. The SMILES string of the molecule is COC(=O)C(N)CCSCc1c(F)ccc(Br)c1F. The molecule has 7 heteroatoms. The molecule has 3 nitrogen and oxygen atoms in total. The molecule has 1 atom stereocenters. The van der Waals surface area contributed by atoms with Crippen LogP contribution in [0.4, 0.5) is 8.78 Å². The molecule has 0 saturated heterocycles. The number of hydrogen-bond donors (Lipinski definition) is 1. The Balaban J connectivity index is 2.46. The van der Waals surface area contributed by atoms with Crippen molar-refractivity contribution < 1.29 is 18.3 Å².